The smallest absolute Gasteiger partial charge is 0.343 e. The van der Waals surface area contributed by atoms with E-state index in [1.54, 1.807) is 72.8 Å². The molecule has 0 atom stereocenters. The third-order valence-electron chi connectivity index (χ3n) is 6.70. The molecule has 48 heavy (non-hydrogen) atoms. The monoisotopic (exact) mass is 686 g/mol. The van der Waals surface area contributed by atoms with Crippen molar-refractivity contribution in [2.45, 2.75) is 0 Å². The maximum atomic E-state index is 13.0. The summed E-state index contributed by atoms with van der Waals surface area (Å²) in [4.78, 5) is 48.3. The fourth-order valence-electron chi connectivity index (χ4n) is 4.30. The predicted octanol–water partition coefficient (Wildman–Crippen LogP) is 7.87. The van der Waals surface area contributed by atoms with E-state index in [1.165, 1.54) is 12.1 Å². The van der Waals surface area contributed by atoms with E-state index in [1.807, 2.05) is 0 Å². The zero-order valence-corrected chi connectivity index (χ0v) is 26.4. The van der Waals surface area contributed by atoms with Gasteiger partial charge in [-0.2, -0.15) is 0 Å². The lowest BCUT2D eigenvalue weighted by atomic mass is 10.1. The molecule has 5 aromatic rings. The fourth-order valence-corrected chi connectivity index (χ4v) is 4.69. The van der Waals surface area contributed by atoms with Crippen LogP contribution in [-0.4, -0.2) is 37.5 Å². The molecule has 0 fully saturated rings. The Balaban J connectivity index is 1.22. The van der Waals surface area contributed by atoms with Gasteiger partial charge in [0.25, 0.3) is 0 Å². The first kappa shape index (κ1) is 33.5. The van der Waals surface area contributed by atoms with Gasteiger partial charge < -0.3 is 28.4 Å². The fraction of sp³-hybridized carbons (Fsp3) is 0.0556. The van der Waals surface area contributed by atoms with Gasteiger partial charge in [0.15, 0.2) is 11.5 Å². The van der Waals surface area contributed by atoms with E-state index in [0.717, 1.165) is 33.7 Å². The summed E-state index contributed by atoms with van der Waals surface area (Å²) in [5.74, 6) is -1.74. The normalized spacial score (nSPS) is 10.5. The second-order valence-electron chi connectivity index (χ2n) is 9.78. The highest BCUT2D eigenvalue weighted by Gasteiger charge is 2.19. The Hall–Kier alpha value is -5.84. The SMILES string of the molecule is C=CC(=O)OCOc1ccc2cc(C(=O)Oc3ccc(OC(=O)c4ccc5cc(OCOC(=O)C=C)ccc5c4)c(Cl)c3Cl)ccc2c1. The van der Waals surface area contributed by atoms with E-state index < -0.39 is 23.9 Å². The summed E-state index contributed by atoms with van der Waals surface area (Å²) >= 11 is 12.8. The number of benzene rings is 5. The Labute approximate surface area is 283 Å². The maximum absolute atomic E-state index is 13.0. The molecule has 0 aliphatic carbocycles. The Bertz CT molecular complexity index is 1940. The first-order chi connectivity index (χ1) is 23.1. The molecule has 5 aromatic carbocycles. The molecule has 0 N–H and O–H groups in total. The molecule has 0 amide bonds. The molecule has 0 radical (unpaired) electrons. The molecule has 242 valence electrons. The van der Waals surface area contributed by atoms with E-state index in [4.69, 9.17) is 51.6 Å². The van der Waals surface area contributed by atoms with Crippen LogP contribution in [0.3, 0.4) is 0 Å². The molecule has 0 aliphatic heterocycles. The van der Waals surface area contributed by atoms with Crippen molar-refractivity contribution in [2.24, 2.45) is 0 Å². The van der Waals surface area contributed by atoms with Crippen LogP contribution in [0.5, 0.6) is 23.0 Å². The number of ether oxygens (including phenoxy) is 6. The molecule has 0 saturated heterocycles. The van der Waals surface area contributed by atoms with Crippen molar-refractivity contribution in [3.8, 4) is 23.0 Å². The standard InChI is InChI=1S/C36H24Cl2O10/c1-3-31(39)45-19-43-27-11-9-21-15-25(7-5-23(21)17-27)35(41)47-29-13-14-30(34(38)33(29)37)48-36(42)26-8-6-24-18-28(12-10-22(24)16-26)44-20-46-32(40)4-2/h3-18H,1-2,19-20H2. The van der Waals surface area contributed by atoms with Gasteiger partial charge in [-0.1, -0.05) is 60.6 Å². The molecule has 0 aliphatic rings. The van der Waals surface area contributed by atoms with E-state index in [0.29, 0.717) is 11.5 Å². The van der Waals surface area contributed by atoms with Crippen LogP contribution >= 0.6 is 23.2 Å². The lowest BCUT2D eigenvalue weighted by Gasteiger charge is -2.12. The highest BCUT2D eigenvalue weighted by molar-refractivity contribution is 6.44. The second kappa shape index (κ2) is 15.2. The molecule has 12 heteroatoms. The summed E-state index contributed by atoms with van der Waals surface area (Å²) in [7, 11) is 0. The maximum Gasteiger partial charge on any atom is 0.343 e. The minimum atomic E-state index is -0.696. The summed E-state index contributed by atoms with van der Waals surface area (Å²) in [6, 6.07) is 22.8. The van der Waals surface area contributed by atoms with Crippen LogP contribution in [0.25, 0.3) is 21.5 Å². The van der Waals surface area contributed by atoms with Crippen molar-refractivity contribution >= 4 is 68.6 Å². The molecular weight excluding hydrogens is 663 g/mol. The van der Waals surface area contributed by atoms with Gasteiger partial charge in [0, 0.05) is 12.2 Å². The van der Waals surface area contributed by atoms with Crippen LogP contribution in [0.15, 0.2) is 110 Å². The highest BCUT2D eigenvalue weighted by Crippen LogP contribution is 2.39. The van der Waals surface area contributed by atoms with E-state index in [-0.39, 0.29) is 46.3 Å². The zero-order valence-electron chi connectivity index (χ0n) is 24.9. The average molecular weight is 687 g/mol. The number of hydrogen-bond donors (Lipinski definition) is 0. The van der Waals surface area contributed by atoms with E-state index in [9.17, 15) is 19.2 Å². The molecule has 10 nitrogen and oxygen atoms in total. The third kappa shape index (κ3) is 8.11. The van der Waals surface area contributed by atoms with Gasteiger partial charge in [-0.15, -0.1) is 0 Å². The van der Waals surface area contributed by atoms with Crippen LogP contribution < -0.4 is 18.9 Å². The van der Waals surface area contributed by atoms with Gasteiger partial charge in [0.05, 0.1) is 11.1 Å². The Morgan fingerprint density at radius 2 is 0.917 bits per heavy atom. The quantitative estimate of drug-likeness (QED) is 0.0554. The molecule has 0 spiro atoms. The van der Waals surface area contributed by atoms with E-state index >= 15 is 0 Å². The number of carbonyl (C=O) groups is 4. The summed E-state index contributed by atoms with van der Waals surface area (Å²) in [6.45, 7) is 6.08. The summed E-state index contributed by atoms with van der Waals surface area (Å²) < 4.78 is 31.4. The first-order valence-electron chi connectivity index (χ1n) is 14.0. The molecule has 0 saturated carbocycles. The number of carbonyl (C=O) groups excluding carboxylic acids is 4. The Morgan fingerprint density at radius 3 is 1.31 bits per heavy atom. The summed E-state index contributed by atoms with van der Waals surface area (Å²) in [5.41, 5.74) is 0.481. The van der Waals surface area contributed by atoms with Crippen molar-refractivity contribution in [2.75, 3.05) is 13.6 Å². The van der Waals surface area contributed by atoms with Gasteiger partial charge in [-0.05, 0) is 82.2 Å². The van der Waals surface area contributed by atoms with Crippen LogP contribution in [-0.2, 0) is 19.1 Å². The van der Waals surface area contributed by atoms with Crippen molar-refractivity contribution in [1.82, 2.24) is 0 Å². The van der Waals surface area contributed by atoms with Crippen molar-refractivity contribution in [3.63, 3.8) is 0 Å². The molecule has 5 rings (SSSR count). The average Bonchev–Trinajstić information content (AvgIpc) is 3.10. The Morgan fingerprint density at radius 1 is 0.542 bits per heavy atom. The second-order valence-corrected chi connectivity index (χ2v) is 10.5. The zero-order chi connectivity index (χ0) is 34.2. The van der Waals surface area contributed by atoms with Gasteiger partial charge >= 0.3 is 23.9 Å². The van der Waals surface area contributed by atoms with Crippen LogP contribution in [0.2, 0.25) is 10.0 Å². The Kier molecular flexibility index (Phi) is 10.6. The lowest BCUT2D eigenvalue weighted by Crippen LogP contribution is -2.10. The number of halogens is 2. The van der Waals surface area contributed by atoms with Gasteiger partial charge in [-0.25, -0.2) is 19.2 Å². The van der Waals surface area contributed by atoms with Gasteiger partial charge in [0.1, 0.15) is 21.5 Å². The number of rotatable bonds is 12. The summed E-state index contributed by atoms with van der Waals surface area (Å²) in [6.07, 6.45) is 2.07. The van der Waals surface area contributed by atoms with Crippen LogP contribution in [0.1, 0.15) is 20.7 Å². The van der Waals surface area contributed by atoms with Crippen molar-refractivity contribution < 1.29 is 47.6 Å². The third-order valence-corrected chi connectivity index (χ3v) is 7.55. The minimum Gasteiger partial charge on any atom is -0.457 e. The molecule has 0 aromatic heterocycles. The van der Waals surface area contributed by atoms with Crippen molar-refractivity contribution in [1.29, 1.82) is 0 Å². The predicted molar refractivity (Wildman–Crippen MR) is 178 cm³/mol. The van der Waals surface area contributed by atoms with Gasteiger partial charge in [0.2, 0.25) is 13.6 Å². The molecule has 0 unspecified atom stereocenters. The van der Waals surface area contributed by atoms with Gasteiger partial charge in [-0.3, -0.25) is 0 Å². The molecule has 0 bridgehead atoms. The lowest BCUT2D eigenvalue weighted by molar-refractivity contribution is -0.145. The highest BCUT2D eigenvalue weighted by atomic mass is 35.5. The molecular formula is C36H24Cl2O10. The number of hydrogen-bond acceptors (Lipinski definition) is 10. The number of fused-ring (bicyclic) bond motifs is 2. The van der Waals surface area contributed by atoms with Crippen molar-refractivity contribution in [3.05, 3.63) is 131 Å². The van der Waals surface area contributed by atoms with Crippen LogP contribution in [0.4, 0.5) is 0 Å². The van der Waals surface area contributed by atoms with Crippen LogP contribution in [0, 0.1) is 0 Å². The summed E-state index contributed by atoms with van der Waals surface area (Å²) in [5, 5.41) is 2.72. The van der Waals surface area contributed by atoms with E-state index in [2.05, 4.69) is 13.2 Å². The topological polar surface area (TPSA) is 124 Å². The number of esters is 4. The largest absolute Gasteiger partial charge is 0.457 e. The first-order valence-corrected chi connectivity index (χ1v) is 14.7. The minimum absolute atomic E-state index is 0.0348. The molecule has 0 heterocycles.